The van der Waals surface area contributed by atoms with E-state index in [9.17, 15) is 14.7 Å². The van der Waals surface area contributed by atoms with Crippen LogP contribution in [0.15, 0.2) is 71.7 Å². The van der Waals surface area contributed by atoms with E-state index in [2.05, 4.69) is 10.3 Å². The van der Waals surface area contributed by atoms with Gasteiger partial charge in [0.15, 0.2) is 0 Å². The lowest BCUT2D eigenvalue weighted by molar-refractivity contribution is 0.0715. The van der Waals surface area contributed by atoms with Crippen LogP contribution in [0.25, 0.3) is 0 Å². The van der Waals surface area contributed by atoms with E-state index < -0.39 is 6.10 Å². The maximum absolute atomic E-state index is 13.3. The minimum absolute atomic E-state index is 0.0573. The quantitative estimate of drug-likeness (QED) is 0.493. The number of hydrogen-bond acceptors (Lipinski definition) is 5. The molecule has 3 aromatic rings. The number of carbonyl (C=O) groups excluding carboxylic acids is 2. The normalized spacial score (nSPS) is 17.6. The van der Waals surface area contributed by atoms with Gasteiger partial charge >= 0.3 is 0 Å². The van der Waals surface area contributed by atoms with Crippen molar-refractivity contribution in [1.29, 1.82) is 0 Å². The zero-order valence-corrected chi connectivity index (χ0v) is 21.1. The lowest BCUT2D eigenvalue weighted by Gasteiger charge is -2.24. The fraction of sp³-hybridized carbons (Fsp3) is 0.300. The van der Waals surface area contributed by atoms with Crippen molar-refractivity contribution in [2.24, 2.45) is 4.99 Å². The minimum Gasteiger partial charge on any atom is -0.493 e. The Bertz CT molecular complexity index is 1340. The second-order valence-electron chi connectivity index (χ2n) is 9.48. The zero-order chi connectivity index (χ0) is 25.9. The zero-order valence-electron chi connectivity index (χ0n) is 21.1. The molecule has 190 valence electrons. The summed E-state index contributed by atoms with van der Waals surface area (Å²) < 4.78 is 5.76. The molecule has 7 heteroatoms. The highest BCUT2D eigenvalue weighted by Gasteiger charge is 2.33. The third-order valence-electron chi connectivity index (χ3n) is 7.14. The molecular weight excluding hydrogens is 466 g/mol. The van der Waals surface area contributed by atoms with Gasteiger partial charge in [-0.15, -0.1) is 0 Å². The standard InChI is InChI=1S/C30H31N3O4/c1-3-37-28-15-24-23(18-33(30(24)36)19(2)20-9-5-4-6-10-20)13-25(28)29(35)32-17-27(34)26-14-21-11-7-8-12-22(21)16-31-26/h4-13,15-16,19,26-27,34H,3,14,17-18H2,1-2H3,(H,32,35)/t19?,26-,27?/m0/s1. The van der Waals surface area contributed by atoms with Gasteiger partial charge < -0.3 is 20.1 Å². The van der Waals surface area contributed by atoms with Crippen molar-refractivity contribution in [3.8, 4) is 5.75 Å². The Balaban J connectivity index is 1.30. The number of hydrogen-bond donors (Lipinski definition) is 2. The molecule has 0 radical (unpaired) electrons. The van der Waals surface area contributed by atoms with E-state index in [0.717, 1.165) is 22.3 Å². The van der Waals surface area contributed by atoms with Crippen LogP contribution in [0.2, 0.25) is 0 Å². The number of nitrogens with zero attached hydrogens (tertiary/aromatic N) is 2. The molecule has 0 fully saturated rings. The van der Waals surface area contributed by atoms with E-state index in [1.54, 1.807) is 23.2 Å². The van der Waals surface area contributed by atoms with Crippen LogP contribution in [0.5, 0.6) is 5.75 Å². The van der Waals surface area contributed by atoms with Crippen molar-refractivity contribution in [1.82, 2.24) is 10.2 Å². The Kier molecular flexibility index (Phi) is 7.06. The first-order valence-corrected chi connectivity index (χ1v) is 12.7. The SMILES string of the molecule is CCOc1cc2c(cc1C(=O)NCC(O)[C@@H]1Cc3ccccc3C=N1)CN(C(C)c1ccccc1)C2=O. The largest absolute Gasteiger partial charge is 0.493 e. The summed E-state index contributed by atoms with van der Waals surface area (Å²) in [5.74, 6) is -0.0713. The number of carbonyl (C=O) groups is 2. The molecule has 37 heavy (non-hydrogen) atoms. The van der Waals surface area contributed by atoms with Crippen LogP contribution in [-0.4, -0.2) is 53.3 Å². The molecule has 0 spiro atoms. The second-order valence-corrected chi connectivity index (χ2v) is 9.48. The lowest BCUT2D eigenvalue weighted by atomic mass is 9.95. The number of aliphatic imine (C=N–C) groups is 1. The number of aliphatic hydroxyl groups is 1. The van der Waals surface area contributed by atoms with Crippen LogP contribution >= 0.6 is 0 Å². The van der Waals surface area contributed by atoms with Crippen molar-refractivity contribution in [3.63, 3.8) is 0 Å². The third-order valence-corrected chi connectivity index (χ3v) is 7.14. The average Bonchev–Trinajstić information content (AvgIpc) is 3.26. The van der Waals surface area contributed by atoms with E-state index in [-0.39, 0.29) is 30.4 Å². The molecule has 0 saturated carbocycles. The number of nitrogens with one attached hydrogen (secondary N) is 1. The molecule has 2 heterocycles. The monoisotopic (exact) mass is 497 g/mol. The average molecular weight is 498 g/mol. The Hall–Kier alpha value is -3.97. The van der Waals surface area contributed by atoms with Gasteiger partial charge in [-0.05, 0) is 54.7 Å². The fourth-order valence-electron chi connectivity index (χ4n) is 5.01. The fourth-order valence-corrected chi connectivity index (χ4v) is 5.01. The van der Waals surface area contributed by atoms with Crippen LogP contribution in [0, 0.1) is 0 Å². The highest BCUT2D eigenvalue weighted by molar-refractivity contribution is 6.03. The van der Waals surface area contributed by atoms with Crippen molar-refractivity contribution >= 4 is 18.0 Å². The lowest BCUT2D eigenvalue weighted by Crippen LogP contribution is -2.40. The second kappa shape index (κ2) is 10.6. The number of amides is 2. The van der Waals surface area contributed by atoms with Gasteiger partial charge in [-0.25, -0.2) is 0 Å². The van der Waals surface area contributed by atoms with Gasteiger partial charge in [0.25, 0.3) is 11.8 Å². The summed E-state index contributed by atoms with van der Waals surface area (Å²) in [6.45, 7) is 4.67. The summed E-state index contributed by atoms with van der Waals surface area (Å²) in [5.41, 5.74) is 4.93. The predicted octanol–water partition coefficient (Wildman–Crippen LogP) is 3.94. The number of benzene rings is 3. The first kappa shape index (κ1) is 24.7. The van der Waals surface area contributed by atoms with E-state index in [1.807, 2.05) is 68.4 Å². The molecule has 2 unspecified atom stereocenters. The first-order chi connectivity index (χ1) is 18.0. The van der Waals surface area contributed by atoms with E-state index in [4.69, 9.17) is 4.74 Å². The summed E-state index contributed by atoms with van der Waals surface area (Å²) in [7, 11) is 0. The minimum atomic E-state index is -0.831. The summed E-state index contributed by atoms with van der Waals surface area (Å²) >= 11 is 0. The van der Waals surface area contributed by atoms with Crippen LogP contribution in [0.1, 0.15) is 62.9 Å². The highest BCUT2D eigenvalue weighted by Crippen LogP contribution is 2.35. The van der Waals surface area contributed by atoms with Crippen LogP contribution in [0.4, 0.5) is 0 Å². The molecule has 0 aromatic heterocycles. The number of aliphatic hydroxyl groups excluding tert-OH is 1. The summed E-state index contributed by atoms with van der Waals surface area (Å²) in [6, 6.07) is 20.8. The molecule has 3 atom stereocenters. The molecule has 5 rings (SSSR count). The Morgan fingerprint density at radius 2 is 1.89 bits per heavy atom. The molecule has 0 bridgehead atoms. The van der Waals surface area contributed by atoms with E-state index in [1.165, 1.54) is 0 Å². The first-order valence-electron chi connectivity index (χ1n) is 12.7. The van der Waals surface area contributed by atoms with Crippen LogP contribution in [0.3, 0.4) is 0 Å². The topological polar surface area (TPSA) is 91.2 Å². The van der Waals surface area contributed by atoms with Gasteiger partial charge in [0.1, 0.15) is 5.75 Å². The van der Waals surface area contributed by atoms with Gasteiger partial charge in [-0.3, -0.25) is 14.6 Å². The summed E-state index contributed by atoms with van der Waals surface area (Å²) in [4.78, 5) is 32.7. The van der Waals surface area contributed by atoms with Crippen molar-refractivity contribution in [3.05, 3.63) is 100 Å². The Morgan fingerprint density at radius 1 is 1.14 bits per heavy atom. The van der Waals surface area contributed by atoms with Crippen molar-refractivity contribution < 1.29 is 19.4 Å². The van der Waals surface area contributed by atoms with Gasteiger partial charge in [0, 0.05) is 24.9 Å². The number of rotatable bonds is 8. The molecule has 0 aliphatic carbocycles. The van der Waals surface area contributed by atoms with Crippen LogP contribution < -0.4 is 10.1 Å². The van der Waals surface area contributed by atoms with E-state index in [0.29, 0.717) is 36.4 Å². The maximum atomic E-state index is 13.3. The molecule has 2 aliphatic rings. The van der Waals surface area contributed by atoms with Gasteiger partial charge in [-0.1, -0.05) is 54.6 Å². The molecule has 2 aliphatic heterocycles. The molecule has 0 saturated heterocycles. The molecule has 2 amide bonds. The molecule has 3 aromatic carbocycles. The summed E-state index contributed by atoms with van der Waals surface area (Å²) in [6.07, 6.45) is 1.56. The number of ether oxygens (including phenoxy) is 1. The van der Waals surface area contributed by atoms with Gasteiger partial charge in [0.2, 0.25) is 0 Å². The molecule has 7 nitrogen and oxygen atoms in total. The predicted molar refractivity (Wildman–Crippen MR) is 142 cm³/mol. The van der Waals surface area contributed by atoms with Gasteiger partial charge in [-0.2, -0.15) is 0 Å². The third kappa shape index (κ3) is 5.00. The van der Waals surface area contributed by atoms with Crippen molar-refractivity contribution in [2.45, 2.75) is 45.0 Å². The smallest absolute Gasteiger partial charge is 0.255 e. The number of fused-ring (bicyclic) bond motifs is 2. The van der Waals surface area contributed by atoms with Crippen molar-refractivity contribution in [2.75, 3.05) is 13.2 Å². The summed E-state index contributed by atoms with van der Waals surface area (Å²) in [5, 5.41) is 13.6. The Labute approximate surface area is 216 Å². The molecule has 2 N–H and O–H groups in total. The van der Waals surface area contributed by atoms with Gasteiger partial charge in [0.05, 0.1) is 30.4 Å². The van der Waals surface area contributed by atoms with Crippen LogP contribution in [-0.2, 0) is 13.0 Å². The Morgan fingerprint density at radius 3 is 2.68 bits per heavy atom. The maximum Gasteiger partial charge on any atom is 0.255 e. The van der Waals surface area contributed by atoms with E-state index >= 15 is 0 Å². The highest BCUT2D eigenvalue weighted by atomic mass is 16.5. The molecular formula is C30H31N3O4.